The molecule has 0 amide bonds. The molecule has 2 aromatic rings. The fourth-order valence-electron chi connectivity index (χ4n) is 3.06. The SMILES string of the molecule is COc1ccc(/C=C/C2=NN=C(C)Cc3cc(OC)c(OC)cc32)cc1OC. The first kappa shape index (κ1) is 19.5. The van der Waals surface area contributed by atoms with Crippen molar-refractivity contribution in [1.29, 1.82) is 0 Å². The van der Waals surface area contributed by atoms with Crippen LogP contribution in [-0.2, 0) is 6.42 Å². The summed E-state index contributed by atoms with van der Waals surface area (Å²) in [7, 11) is 6.49. The Bertz CT molecular complexity index is 961. The van der Waals surface area contributed by atoms with Gasteiger partial charge in [-0.25, -0.2) is 0 Å². The molecule has 6 heteroatoms. The smallest absolute Gasteiger partial charge is 0.161 e. The van der Waals surface area contributed by atoms with Gasteiger partial charge in [0.2, 0.25) is 0 Å². The second-order valence-electron chi connectivity index (χ2n) is 6.31. The predicted octanol–water partition coefficient (Wildman–Crippen LogP) is 4.16. The number of rotatable bonds is 6. The van der Waals surface area contributed by atoms with Gasteiger partial charge in [0, 0.05) is 17.7 Å². The number of hydrogen-bond acceptors (Lipinski definition) is 6. The number of nitrogens with zero attached hydrogens (tertiary/aromatic N) is 2. The van der Waals surface area contributed by atoms with Gasteiger partial charge in [0.1, 0.15) is 0 Å². The molecule has 0 radical (unpaired) electrons. The van der Waals surface area contributed by atoms with Crippen LogP contribution in [0.5, 0.6) is 23.0 Å². The summed E-state index contributed by atoms with van der Waals surface area (Å²) in [6, 6.07) is 9.67. The summed E-state index contributed by atoms with van der Waals surface area (Å²) < 4.78 is 21.6. The fraction of sp³-hybridized carbons (Fsp3) is 0.273. The fourth-order valence-corrected chi connectivity index (χ4v) is 3.06. The summed E-state index contributed by atoms with van der Waals surface area (Å²) in [6.07, 6.45) is 4.61. The summed E-state index contributed by atoms with van der Waals surface area (Å²) >= 11 is 0. The van der Waals surface area contributed by atoms with Gasteiger partial charge in [-0.15, -0.1) is 0 Å². The van der Waals surface area contributed by atoms with Gasteiger partial charge < -0.3 is 18.9 Å². The van der Waals surface area contributed by atoms with Gasteiger partial charge in [-0.1, -0.05) is 12.1 Å². The zero-order valence-electron chi connectivity index (χ0n) is 16.8. The minimum absolute atomic E-state index is 0.660. The van der Waals surface area contributed by atoms with Crippen LogP contribution in [0.4, 0.5) is 0 Å². The lowest BCUT2D eigenvalue weighted by Gasteiger charge is -2.13. The van der Waals surface area contributed by atoms with Crippen LogP contribution in [0.1, 0.15) is 23.6 Å². The summed E-state index contributed by atoms with van der Waals surface area (Å²) in [4.78, 5) is 0. The quantitative estimate of drug-likeness (QED) is 0.755. The first-order chi connectivity index (χ1) is 13.6. The molecule has 146 valence electrons. The molecule has 0 fully saturated rings. The molecule has 3 rings (SSSR count). The lowest BCUT2D eigenvalue weighted by molar-refractivity contribution is 0.354. The highest BCUT2D eigenvalue weighted by molar-refractivity contribution is 6.13. The molecule has 0 unspecified atom stereocenters. The van der Waals surface area contributed by atoms with E-state index in [1.165, 1.54) is 0 Å². The van der Waals surface area contributed by atoms with Gasteiger partial charge in [-0.05, 0) is 48.4 Å². The van der Waals surface area contributed by atoms with Crippen LogP contribution < -0.4 is 18.9 Å². The monoisotopic (exact) mass is 380 g/mol. The van der Waals surface area contributed by atoms with Crippen molar-refractivity contribution in [2.45, 2.75) is 13.3 Å². The van der Waals surface area contributed by atoms with Crippen LogP contribution in [0.25, 0.3) is 6.08 Å². The van der Waals surface area contributed by atoms with Crippen LogP contribution in [0.3, 0.4) is 0 Å². The molecule has 0 aromatic heterocycles. The molecule has 6 nitrogen and oxygen atoms in total. The van der Waals surface area contributed by atoms with E-state index >= 15 is 0 Å². The second-order valence-corrected chi connectivity index (χ2v) is 6.31. The summed E-state index contributed by atoms with van der Waals surface area (Å²) in [5.74, 6) is 2.72. The molecule has 2 aromatic carbocycles. The third-order valence-electron chi connectivity index (χ3n) is 4.50. The summed E-state index contributed by atoms with van der Waals surface area (Å²) in [5.41, 5.74) is 4.71. The van der Waals surface area contributed by atoms with E-state index in [2.05, 4.69) is 10.2 Å². The zero-order chi connectivity index (χ0) is 20.1. The maximum atomic E-state index is 5.46. The number of fused-ring (bicyclic) bond motifs is 1. The number of methoxy groups -OCH3 is 4. The normalized spacial score (nSPS) is 13.3. The van der Waals surface area contributed by atoms with Gasteiger partial charge in [0.15, 0.2) is 23.0 Å². The Morgan fingerprint density at radius 1 is 0.750 bits per heavy atom. The molecule has 1 aliphatic heterocycles. The van der Waals surface area contributed by atoms with Crippen molar-refractivity contribution in [3.05, 3.63) is 53.1 Å². The number of hydrogen-bond donors (Lipinski definition) is 0. The van der Waals surface area contributed by atoms with E-state index in [4.69, 9.17) is 18.9 Å². The second kappa shape index (κ2) is 8.61. The van der Waals surface area contributed by atoms with E-state index in [9.17, 15) is 0 Å². The van der Waals surface area contributed by atoms with Crippen LogP contribution in [-0.4, -0.2) is 39.9 Å². The van der Waals surface area contributed by atoms with Gasteiger partial charge in [-0.2, -0.15) is 10.2 Å². The molecule has 0 aliphatic carbocycles. The number of allylic oxidation sites excluding steroid dienone is 1. The first-order valence-corrected chi connectivity index (χ1v) is 8.86. The van der Waals surface area contributed by atoms with Crippen molar-refractivity contribution in [1.82, 2.24) is 0 Å². The maximum absolute atomic E-state index is 5.46. The highest BCUT2D eigenvalue weighted by Gasteiger charge is 2.17. The van der Waals surface area contributed by atoms with E-state index in [1.54, 1.807) is 28.4 Å². The Hall–Kier alpha value is -3.28. The Morgan fingerprint density at radius 2 is 1.39 bits per heavy atom. The average molecular weight is 380 g/mol. The van der Waals surface area contributed by atoms with Crippen molar-refractivity contribution in [2.24, 2.45) is 10.2 Å². The van der Waals surface area contributed by atoms with Gasteiger partial charge in [-0.3, -0.25) is 0 Å². The van der Waals surface area contributed by atoms with Crippen molar-refractivity contribution in [3.63, 3.8) is 0 Å². The van der Waals surface area contributed by atoms with E-state index in [-0.39, 0.29) is 0 Å². The lowest BCUT2D eigenvalue weighted by Crippen LogP contribution is -2.05. The molecular weight excluding hydrogens is 356 g/mol. The van der Waals surface area contributed by atoms with Crippen LogP contribution >= 0.6 is 0 Å². The van der Waals surface area contributed by atoms with E-state index in [1.807, 2.05) is 49.4 Å². The standard InChI is InChI=1S/C22H24N2O4/c1-14-10-16-12-21(27-4)22(28-5)13-17(16)18(24-23-14)8-6-15-7-9-19(25-2)20(11-15)26-3/h6-9,11-13H,10H2,1-5H3/b8-6+. The first-order valence-electron chi connectivity index (χ1n) is 8.86. The number of benzene rings is 2. The van der Waals surface area contributed by atoms with Gasteiger partial charge in [0.25, 0.3) is 0 Å². The molecule has 0 spiro atoms. The summed E-state index contributed by atoms with van der Waals surface area (Å²) in [6.45, 7) is 1.96. The van der Waals surface area contributed by atoms with Crippen molar-refractivity contribution in [2.75, 3.05) is 28.4 Å². The van der Waals surface area contributed by atoms with Crippen molar-refractivity contribution < 1.29 is 18.9 Å². The molecule has 1 aliphatic rings. The summed E-state index contributed by atoms with van der Waals surface area (Å²) in [5, 5.41) is 8.76. The van der Waals surface area contributed by atoms with Crippen LogP contribution in [0.15, 0.2) is 46.6 Å². The molecule has 0 saturated carbocycles. The zero-order valence-corrected chi connectivity index (χ0v) is 16.8. The average Bonchev–Trinajstić information content (AvgIpc) is 2.88. The third kappa shape index (κ3) is 4.01. The highest BCUT2D eigenvalue weighted by Crippen LogP contribution is 2.33. The Labute approximate surface area is 165 Å². The Kier molecular flexibility index (Phi) is 5.99. The topological polar surface area (TPSA) is 61.6 Å². The van der Waals surface area contributed by atoms with Gasteiger partial charge >= 0.3 is 0 Å². The minimum Gasteiger partial charge on any atom is -0.493 e. The van der Waals surface area contributed by atoms with Crippen LogP contribution in [0.2, 0.25) is 0 Å². The van der Waals surface area contributed by atoms with Crippen molar-refractivity contribution >= 4 is 17.5 Å². The molecular formula is C22H24N2O4. The molecule has 0 N–H and O–H groups in total. The predicted molar refractivity (Wildman–Crippen MR) is 111 cm³/mol. The van der Waals surface area contributed by atoms with Gasteiger partial charge in [0.05, 0.1) is 34.2 Å². The molecule has 1 heterocycles. The van der Waals surface area contributed by atoms with E-state index < -0.39 is 0 Å². The largest absolute Gasteiger partial charge is 0.493 e. The minimum atomic E-state index is 0.660. The number of ether oxygens (including phenoxy) is 4. The third-order valence-corrected chi connectivity index (χ3v) is 4.50. The molecule has 0 atom stereocenters. The van der Waals surface area contributed by atoms with Crippen molar-refractivity contribution in [3.8, 4) is 23.0 Å². The molecule has 28 heavy (non-hydrogen) atoms. The molecule has 0 bridgehead atoms. The van der Waals surface area contributed by atoms with E-state index in [0.717, 1.165) is 28.1 Å². The van der Waals surface area contributed by atoms with E-state index in [0.29, 0.717) is 29.4 Å². The highest BCUT2D eigenvalue weighted by atomic mass is 16.5. The Balaban J connectivity index is 2.01. The Morgan fingerprint density at radius 3 is 2.07 bits per heavy atom. The maximum Gasteiger partial charge on any atom is 0.161 e. The lowest BCUT2D eigenvalue weighted by atomic mass is 9.97. The van der Waals surface area contributed by atoms with Crippen LogP contribution in [0, 0.1) is 0 Å². The molecule has 0 saturated heterocycles.